The molecule has 0 aromatic rings. The van der Waals surface area contributed by atoms with Gasteiger partial charge in [-0.15, -0.1) is 0 Å². The normalized spacial score (nSPS) is 10.8. The second-order valence-corrected chi connectivity index (χ2v) is 1.55. The summed E-state index contributed by atoms with van der Waals surface area (Å²) in [6, 6.07) is 0. The maximum absolute atomic E-state index is 9.63. The SMILES string of the molecule is B=P(=O)OC. The van der Waals surface area contributed by atoms with Crippen LogP contribution >= 0.6 is 7.52 Å². The van der Waals surface area contributed by atoms with Crippen LogP contribution in [0.25, 0.3) is 0 Å². The zero-order chi connectivity index (χ0) is 4.28. The van der Waals surface area contributed by atoms with Crippen LogP contribution in [0, 0.1) is 0 Å². The van der Waals surface area contributed by atoms with Crippen LogP contribution in [0.3, 0.4) is 0 Å². The fourth-order valence-electron chi connectivity index (χ4n) is 0. The van der Waals surface area contributed by atoms with Gasteiger partial charge in [-0.25, -0.2) is 0 Å². The van der Waals surface area contributed by atoms with Gasteiger partial charge < -0.3 is 0 Å². The van der Waals surface area contributed by atoms with Crippen molar-refractivity contribution in [2.45, 2.75) is 0 Å². The molecule has 0 amide bonds. The molecule has 0 heterocycles. The minimum atomic E-state index is -1.60. The third kappa shape index (κ3) is 4.12. The Hall–Kier alpha value is 0.125. The Bertz CT molecular complexity index is 67.7. The summed E-state index contributed by atoms with van der Waals surface area (Å²) < 4.78 is 13.8. The van der Waals surface area contributed by atoms with Gasteiger partial charge in [0.25, 0.3) is 0 Å². The summed E-state index contributed by atoms with van der Waals surface area (Å²) in [6.07, 6.45) is 0. The van der Waals surface area contributed by atoms with Gasteiger partial charge in [-0.1, -0.05) is 0 Å². The Morgan fingerprint density at radius 1 is 2.00 bits per heavy atom. The van der Waals surface area contributed by atoms with Crippen molar-refractivity contribution in [2.75, 3.05) is 7.11 Å². The molecule has 0 spiro atoms. The summed E-state index contributed by atoms with van der Waals surface area (Å²) in [4.78, 5) is 0. The average molecular weight is 89.8 g/mol. The summed E-state index contributed by atoms with van der Waals surface area (Å²) in [6.45, 7) is 0. The fourth-order valence-corrected chi connectivity index (χ4v) is 0. The van der Waals surface area contributed by atoms with Crippen LogP contribution in [0.1, 0.15) is 0 Å². The summed E-state index contributed by atoms with van der Waals surface area (Å²) >= 11 is 0. The van der Waals surface area contributed by atoms with Crippen molar-refractivity contribution in [2.24, 2.45) is 0 Å². The van der Waals surface area contributed by atoms with E-state index in [0.29, 0.717) is 0 Å². The minimum absolute atomic E-state index is 1.35. The van der Waals surface area contributed by atoms with Crippen LogP contribution < -0.4 is 0 Å². The summed E-state index contributed by atoms with van der Waals surface area (Å²) in [5.74, 6) is 0. The first-order valence-electron chi connectivity index (χ1n) is 1.09. The molecule has 0 aromatic carbocycles. The van der Waals surface area contributed by atoms with Gasteiger partial charge in [0.05, 0.1) is 0 Å². The first-order valence-corrected chi connectivity index (χ1v) is 2.45. The molecule has 0 rings (SSSR count). The summed E-state index contributed by atoms with van der Waals surface area (Å²) in [5.41, 5.74) is 0. The van der Waals surface area contributed by atoms with Crippen LogP contribution in [-0.2, 0) is 9.09 Å². The van der Waals surface area contributed by atoms with Crippen molar-refractivity contribution in [3.8, 4) is 0 Å². The van der Waals surface area contributed by atoms with Gasteiger partial charge in [0.1, 0.15) is 0 Å². The topological polar surface area (TPSA) is 26.3 Å². The molecule has 0 radical (unpaired) electrons. The molecule has 4 heteroatoms. The van der Waals surface area contributed by atoms with E-state index in [4.69, 9.17) is 0 Å². The van der Waals surface area contributed by atoms with Gasteiger partial charge in [-0.3, -0.25) is 0 Å². The molecule has 28 valence electrons. The van der Waals surface area contributed by atoms with Gasteiger partial charge in [0.2, 0.25) is 0 Å². The molecule has 2 nitrogen and oxygen atoms in total. The zero-order valence-electron chi connectivity index (χ0n) is 2.97. The Balaban J connectivity index is 3.23. The molecule has 0 saturated heterocycles. The van der Waals surface area contributed by atoms with Crippen LogP contribution in [0.5, 0.6) is 0 Å². The quantitative estimate of drug-likeness (QED) is 0.339. The van der Waals surface area contributed by atoms with Gasteiger partial charge in [-0.05, 0) is 0 Å². The molecular formula is CH4BO2P. The van der Waals surface area contributed by atoms with E-state index in [9.17, 15) is 4.57 Å². The van der Waals surface area contributed by atoms with Crippen molar-refractivity contribution >= 4 is 14.7 Å². The van der Waals surface area contributed by atoms with E-state index in [0.717, 1.165) is 0 Å². The Kier molecular flexibility index (Phi) is 2.43. The predicted octanol–water partition coefficient (Wildman–Crippen LogP) is 0.191. The summed E-state index contributed by atoms with van der Waals surface area (Å²) in [5, 5.41) is 0. The molecule has 0 fully saturated rings. The standard InChI is InChI=1S/CH4BO2P/c1-4-5(2)3/h2H,1H3. The molecule has 0 saturated carbocycles. The van der Waals surface area contributed by atoms with Crippen LogP contribution in [0.2, 0.25) is 0 Å². The second-order valence-electron chi connectivity index (χ2n) is 0.515. The van der Waals surface area contributed by atoms with Crippen molar-refractivity contribution in [1.82, 2.24) is 0 Å². The zero-order valence-corrected chi connectivity index (χ0v) is 3.87. The molecule has 0 N–H and O–H groups in total. The molecule has 1 unspecified atom stereocenters. The van der Waals surface area contributed by atoms with E-state index in [1.807, 2.05) is 0 Å². The Morgan fingerprint density at radius 3 is 2.20 bits per heavy atom. The van der Waals surface area contributed by atoms with E-state index < -0.39 is 7.52 Å². The molecule has 0 aliphatic heterocycles. The molecule has 0 aromatic heterocycles. The molecule has 0 aliphatic rings. The predicted molar refractivity (Wildman–Crippen MR) is 21.8 cm³/mol. The van der Waals surface area contributed by atoms with Crippen molar-refractivity contribution < 1.29 is 9.09 Å². The Morgan fingerprint density at radius 2 is 2.20 bits per heavy atom. The molecule has 1 atom stereocenters. The van der Waals surface area contributed by atoms with Crippen LogP contribution in [-0.4, -0.2) is 14.3 Å². The second kappa shape index (κ2) is 2.37. The third-order valence-corrected chi connectivity index (χ3v) is 0.611. The van der Waals surface area contributed by atoms with Crippen LogP contribution in [0.15, 0.2) is 0 Å². The molecule has 0 aliphatic carbocycles. The molecule has 5 heavy (non-hydrogen) atoms. The monoisotopic (exact) mass is 90.0 g/mol. The third-order valence-electron chi connectivity index (χ3n) is 0.204. The summed E-state index contributed by atoms with van der Waals surface area (Å²) in [7, 11) is 2.80. The Labute approximate surface area is 32.0 Å². The van der Waals surface area contributed by atoms with Crippen molar-refractivity contribution in [3.63, 3.8) is 0 Å². The van der Waals surface area contributed by atoms with Crippen LogP contribution in [0.4, 0.5) is 0 Å². The van der Waals surface area contributed by atoms with Crippen molar-refractivity contribution in [1.29, 1.82) is 0 Å². The number of hydrogen-bond acceptors (Lipinski definition) is 2. The fraction of sp³-hybridized carbons (Fsp3) is 1.00. The van der Waals surface area contributed by atoms with Gasteiger partial charge in [0, 0.05) is 0 Å². The number of hydrogen-bond donors (Lipinski definition) is 0. The average Bonchev–Trinajstić information content (AvgIpc) is 1.38. The molecular weight excluding hydrogens is 85.8 g/mol. The van der Waals surface area contributed by atoms with E-state index >= 15 is 0 Å². The maximum atomic E-state index is 9.63. The van der Waals surface area contributed by atoms with E-state index in [2.05, 4.69) is 11.7 Å². The van der Waals surface area contributed by atoms with Gasteiger partial charge in [-0.2, -0.15) is 0 Å². The van der Waals surface area contributed by atoms with Crippen molar-refractivity contribution in [3.05, 3.63) is 0 Å². The number of rotatable bonds is 1. The van der Waals surface area contributed by atoms with Gasteiger partial charge in [0.15, 0.2) is 0 Å². The van der Waals surface area contributed by atoms with E-state index in [-0.39, 0.29) is 0 Å². The first kappa shape index (κ1) is 5.12. The van der Waals surface area contributed by atoms with Gasteiger partial charge >= 0.3 is 30.9 Å². The van der Waals surface area contributed by atoms with E-state index in [1.54, 1.807) is 0 Å². The van der Waals surface area contributed by atoms with E-state index in [1.165, 1.54) is 7.11 Å². The molecule has 0 bridgehead atoms. The first-order chi connectivity index (χ1) is 2.27.